The molecule has 0 bridgehead atoms. The number of alkyl halides is 3. The third kappa shape index (κ3) is 3.77. The third-order valence-electron chi connectivity index (χ3n) is 3.92. The van der Waals surface area contributed by atoms with Crippen LogP contribution in [0.5, 0.6) is 0 Å². The van der Waals surface area contributed by atoms with Gasteiger partial charge in [0.25, 0.3) is 0 Å². The molecule has 134 valence electrons. The lowest BCUT2D eigenvalue weighted by Crippen LogP contribution is -2.05. The minimum absolute atomic E-state index is 0.418. The predicted molar refractivity (Wildman–Crippen MR) is 89.5 cm³/mol. The van der Waals surface area contributed by atoms with Gasteiger partial charge in [-0.1, -0.05) is 24.3 Å². The van der Waals surface area contributed by atoms with Crippen LogP contribution in [0, 0.1) is 0 Å². The van der Waals surface area contributed by atoms with Crippen LogP contribution in [0.2, 0.25) is 0 Å². The summed E-state index contributed by atoms with van der Waals surface area (Å²) in [6.07, 6.45) is -1.18. The zero-order valence-electron chi connectivity index (χ0n) is 13.8. The van der Waals surface area contributed by atoms with Crippen molar-refractivity contribution >= 4 is 5.97 Å². The largest absolute Gasteiger partial charge is 0.465 e. The number of carbonyl (C=O) groups excluding carboxylic acids is 1. The highest BCUT2D eigenvalue weighted by Gasteiger charge is 2.30. The molecule has 0 amide bonds. The summed E-state index contributed by atoms with van der Waals surface area (Å²) < 4.78 is 44.6. The molecule has 1 aromatic heterocycles. The first-order chi connectivity index (χ1) is 12.4. The van der Waals surface area contributed by atoms with E-state index in [4.69, 9.17) is 4.74 Å². The summed E-state index contributed by atoms with van der Waals surface area (Å²) in [5, 5.41) is 0. The van der Waals surface area contributed by atoms with Crippen LogP contribution < -0.4 is 0 Å². The normalized spacial score (nSPS) is 11.4. The molecule has 0 fully saturated rings. The summed E-state index contributed by atoms with van der Waals surface area (Å²) in [5.74, 6) is -0.430. The van der Waals surface area contributed by atoms with E-state index in [9.17, 15) is 18.0 Å². The third-order valence-corrected chi connectivity index (χ3v) is 3.92. The second-order valence-corrected chi connectivity index (χ2v) is 5.67. The summed E-state index contributed by atoms with van der Waals surface area (Å²) in [6.45, 7) is 0.418. The molecule has 0 radical (unpaired) electrons. The summed E-state index contributed by atoms with van der Waals surface area (Å²) in [7, 11) is 1.31. The molecule has 3 rings (SSSR count). The number of aromatic nitrogens is 2. The van der Waals surface area contributed by atoms with Crippen molar-refractivity contribution in [2.45, 2.75) is 12.7 Å². The van der Waals surface area contributed by atoms with Gasteiger partial charge in [0.2, 0.25) is 0 Å². The monoisotopic (exact) mass is 360 g/mol. The Labute approximate surface area is 147 Å². The van der Waals surface area contributed by atoms with E-state index in [2.05, 4.69) is 4.98 Å². The summed E-state index contributed by atoms with van der Waals surface area (Å²) in [6, 6.07) is 11.9. The van der Waals surface area contributed by atoms with Crippen LogP contribution in [-0.2, 0) is 17.5 Å². The smallest absolute Gasteiger partial charge is 0.416 e. The van der Waals surface area contributed by atoms with Crippen molar-refractivity contribution in [2.24, 2.45) is 0 Å². The SMILES string of the molecule is COC(=O)c1cccc(Cn2cncc2-c2ccc(C(F)(F)F)cc2)c1. The molecule has 0 aliphatic heterocycles. The maximum absolute atomic E-state index is 12.7. The van der Waals surface area contributed by atoms with Crippen LogP contribution in [-0.4, -0.2) is 22.6 Å². The lowest BCUT2D eigenvalue weighted by atomic mass is 10.1. The Balaban J connectivity index is 1.86. The molecule has 7 heteroatoms. The van der Waals surface area contributed by atoms with Crippen molar-refractivity contribution in [1.29, 1.82) is 0 Å². The fraction of sp³-hybridized carbons (Fsp3) is 0.158. The fourth-order valence-electron chi connectivity index (χ4n) is 2.63. The van der Waals surface area contributed by atoms with E-state index in [1.165, 1.54) is 19.2 Å². The van der Waals surface area contributed by atoms with Crippen LogP contribution in [0.15, 0.2) is 61.1 Å². The average molecular weight is 360 g/mol. The van der Waals surface area contributed by atoms with Gasteiger partial charge < -0.3 is 9.30 Å². The fourth-order valence-corrected chi connectivity index (χ4v) is 2.63. The highest BCUT2D eigenvalue weighted by molar-refractivity contribution is 5.89. The Morgan fingerprint density at radius 2 is 1.88 bits per heavy atom. The van der Waals surface area contributed by atoms with Gasteiger partial charge in [0.05, 0.1) is 36.5 Å². The second-order valence-electron chi connectivity index (χ2n) is 5.67. The molecule has 2 aromatic carbocycles. The molecule has 26 heavy (non-hydrogen) atoms. The minimum atomic E-state index is -4.37. The Bertz CT molecular complexity index is 915. The van der Waals surface area contributed by atoms with Gasteiger partial charge in [0.15, 0.2) is 0 Å². The van der Waals surface area contributed by atoms with Gasteiger partial charge in [-0.05, 0) is 35.4 Å². The molecule has 0 unspecified atom stereocenters. The van der Waals surface area contributed by atoms with Crippen molar-refractivity contribution in [3.8, 4) is 11.3 Å². The number of hydrogen-bond donors (Lipinski definition) is 0. The number of carbonyl (C=O) groups is 1. The van der Waals surface area contributed by atoms with Crippen LogP contribution in [0.3, 0.4) is 0 Å². The Morgan fingerprint density at radius 3 is 2.54 bits per heavy atom. The van der Waals surface area contributed by atoms with Crippen molar-refractivity contribution in [1.82, 2.24) is 9.55 Å². The first kappa shape index (κ1) is 17.7. The summed E-state index contributed by atoms with van der Waals surface area (Å²) in [5.41, 5.74) is 1.89. The lowest BCUT2D eigenvalue weighted by molar-refractivity contribution is -0.137. The van der Waals surface area contributed by atoms with Crippen LogP contribution >= 0.6 is 0 Å². The van der Waals surface area contributed by atoms with Crippen LogP contribution in [0.4, 0.5) is 13.2 Å². The topological polar surface area (TPSA) is 44.1 Å². The molecule has 4 nitrogen and oxygen atoms in total. The van der Waals surface area contributed by atoms with Gasteiger partial charge >= 0.3 is 12.1 Å². The molecule has 1 heterocycles. The van der Waals surface area contributed by atoms with Crippen LogP contribution in [0.1, 0.15) is 21.5 Å². The zero-order valence-corrected chi connectivity index (χ0v) is 13.8. The molecule has 0 saturated heterocycles. The Morgan fingerprint density at radius 1 is 1.15 bits per heavy atom. The molecule has 0 aliphatic rings. The first-order valence-electron chi connectivity index (χ1n) is 7.73. The maximum Gasteiger partial charge on any atom is 0.416 e. The first-order valence-corrected chi connectivity index (χ1v) is 7.73. The minimum Gasteiger partial charge on any atom is -0.465 e. The number of ether oxygens (including phenoxy) is 1. The Kier molecular flexibility index (Phi) is 4.79. The molecular formula is C19H15F3N2O2. The zero-order chi connectivity index (χ0) is 18.7. The van der Waals surface area contributed by atoms with Crippen molar-refractivity contribution in [2.75, 3.05) is 7.11 Å². The maximum atomic E-state index is 12.7. The molecule has 0 saturated carbocycles. The Hall–Kier alpha value is -3.09. The van der Waals surface area contributed by atoms with Crippen molar-refractivity contribution in [3.05, 3.63) is 77.7 Å². The molecule has 0 aliphatic carbocycles. The quantitative estimate of drug-likeness (QED) is 0.648. The lowest BCUT2D eigenvalue weighted by Gasteiger charge is -2.11. The standard InChI is InChI=1S/C19H15F3N2O2/c1-26-18(25)15-4-2-3-13(9-15)11-24-12-23-10-17(24)14-5-7-16(8-6-14)19(20,21)22/h2-10,12H,11H2,1H3. The van der Waals surface area contributed by atoms with Crippen molar-refractivity contribution in [3.63, 3.8) is 0 Å². The number of nitrogens with zero attached hydrogens (tertiary/aromatic N) is 2. The predicted octanol–water partition coefficient (Wildman–Crippen LogP) is 4.40. The number of methoxy groups -OCH3 is 1. The number of esters is 1. The van der Waals surface area contributed by atoms with Gasteiger partial charge in [-0.25, -0.2) is 9.78 Å². The van der Waals surface area contributed by atoms with Gasteiger partial charge in [-0.3, -0.25) is 0 Å². The van der Waals surface area contributed by atoms with E-state index in [0.717, 1.165) is 17.7 Å². The van der Waals surface area contributed by atoms with Gasteiger partial charge in [-0.15, -0.1) is 0 Å². The van der Waals surface area contributed by atoms with Gasteiger partial charge in [-0.2, -0.15) is 13.2 Å². The summed E-state index contributed by atoms with van der Waals surface area (Å²) in [4.78, 5) is 15.7. The molecule has 0 atom stereocenters. The number of hydrogen-bond acceptors (Lipinski definition) is 3. The van der Waals surface area contributed by atoms with E-state index < -0.39 is 17.7 Å². The molecule has 0 spiro atoms. The number of benzene rings is 2. The molecule has 0 N–H and O–H groups in total. The average Bonchev–Trinajstić information content (AvgIpc) is 3.08. The molecular weight excluding hydrogens is 345 g/mol. The number of rotatable bonds is 4. The second kappa shape index (κ2) is 7.03. The highest BCUT2D eigenvalue weighted by Crippen LogP contribution is 2.31. The molecule has 3 aromatic rings. The van der Waals surface area contributed by atoms with E-state index in [1.807, 2.05) is 6.07 Å². The highest BCUT2D eigenvalue weighted by atomic mass is 19.4. The van der Waals surface area contributed by atoms with E-state index in [0.29, 0.717) is 23.4 Å². The number of imidazole rings is 1. The van der Waals surface area contributed by atoms with E-state index in [1.54, 1.807) is 35.3 Å². The van der Waals surface area contributed by atoms with Crippen LogP contribution in [0.25, 0.3) is 11.3 Å². The summed E-state index contributed by atoms with van der Waals surface area (Å²) >= 11 is 0. The van der Waals surface area contributed by atoms with Gasteiger partial charge in [0.1, 0.15) is 0 Å². The van der Waals surface area contributed by atoms with E-state index in [-0.39, 0.29) is 0 Å². The van der Waals surface area contributed by atoms with E-state index >= 15 is 0 Å². The number of halogens is 3. The van der Waals surface area contributed by atoms with Gasteiger partial charge in [0, 0.05) is 6.54 Å². The van der Waals surface area contributed by atoms with Crippen molar-refractivity contribution < 1.29 is 22.7 Å².